The summed E-state index contributed by atoms with van der Waals surface area (Å²) < 4.78 is 19.0. The van der Waals surface area contributed by atoms with Crippen molar-refractivity contribution in [3.63, 3.8) is 0 Å². The van der Waals surface area contributed by atoms with E-state index in [1.165, 1.54) is 29.2 Å². The van der Waals surface area contributed by atoms with Gasteiger partial charge in [0.25, 0.3) is 5.56 Å². The zero-order valence-corrected chi connectivity index (χ0v) is 46.4. The van der Waals surface area contributed by atoms with Crippen LogP contribution in [0.5, 0.6) is 5.75 Å². The highest BCUT2D eigenvalue weighted by Crippen LogP contribution is 2.62. The zero-order valence-electron chi connectivity index (χ0n) is 46.4. The van der Waals surface area contributed by atoms with E-state index in [1.54, 1.807) is 41.5 Å². The summed E-state index contributed by atoms with van der Waals surface area (Å²) in [5, 5.41) is 12.1. The number of allylic oxidation sites excluding steroid dienone is 4. The summed E-state index contributed by atoms with van der Waals surface area (Å²) in [5.74, 6) is -0.0629. The van der Waals surface area contributed by atoms with E-state index in [2.05, 4.69) is 36.2 Å². The molecular weight excluding hydrogens is 1000 g/mol. The highest BCUT2D eigenvalue weighted by atomic mass is 16.6. The van der Waals surface area contributed by atoms with Gasteiger partial charge in [-0.15, -0.1) is 0 Å². The second-order valence-electron chi connectivity index (χ2n) is 23.4. The van der Waals surface area contributed by atoms with E-state index in [4.69, 9.17) is 19.2 Å². The van der Waals surface area contributed by atoms with E-state index < -0.39 is 29.2 Å². The number of carbonyl (C=O) groups is 6. The minimum absolute atomic E-state index is 0.0505. The molecule has 2 saturated carbocycles. The van der Waals surface area contributed by atoms with Crippen molar-refractivity contribution in [2.75, 3.05) is 58.8 Å². The second-order valence-corrected chi connectivity index (χ2v) is 23.4. The van der Waals surface area contributed by atoms with Crippen LogP contribution in [-0.4, -0.2) is 124 Å². The smallest absolute Gasteiger partial charge is 0.415 e. The number of benzene rings is 2. The molecule has 0 spiro atoms. The van der Waals surface area contributed by atoms with E-state index in [0.717, 1.165) is 80.1 Å². The lowest BCUT2D eigenvalue weighted by atomic mass is 9.56. The molecule has 17 heteroatoms. The Labute approximate surface area is 460 Å². The Kier molecular flexibility index (Phi) is 14.5. The number of carbonyl (C=O) groups excluding carboxylic acids is 6. The SMILES string of the molecule is CC[C@@]1(O)C(=O)OCc2c1cc1n(c2=O)Cc2cc3c(CN(C)C)c(OC(=O)N4CCN(C(=O)CCCCCN(C)c5ccc([C@H]6CC7[C@@H](CC[C@]7(OC(C)=O)C(C)=O)[C@@H]7CCC8=CC(=O)CCC8=C76)cc5)CC4)ccc3nc2-1. The highest BCUT2D eigenvalue weighted by Gasteiger charge is 2.60. The fourth-order valence-corrected chi connectivity index (χ4v) is 14.5. The molecule has 0 bridgehead atoms. The second kappa shape index (κ2) is 21.2. The predicted molar refractivity (Wildman–Crippen MR) is 295 cm³/mol. The number of cyclic esters (lactones) is 1. The molecule has 6 atom stereocenters. The monoisotopic (exact) mass is 1080 g/mol. The molecule has 3 fully saturated rings. The first-order chi connectivity index (χ1) is 37.9. The van der Waals surface area contributed by atoms with Gasteiger partial charge in [0.05, 0.1) is 29.0 Å². The lowest BCUT2D eigenvalue weighted by molar-refractivity contribution is -0.172. The molecule has 5 heterocycles. The Bertz CT molecular complexity index is 3320. The van der Waals surface area contributed by atoms with Crippen LogP contribution in [0.1, 0.15) is 132 Å². The Morgan fingerprint density at radius 1 is 0.899 bits per heavy atom. The van der Waals surface area contributed by atoms with Gasteiger partial charge >= 0.3 is 18.0 Å². The van der Waals surface area contributed by atoms with Gasteiger partial charge in [0.15, 0.2) is 22.8 Å². The van der Waals surface area contributed by atoms with Crippen molar-refractivity contribution in [3.8, 4) is 17.1 Å². The van der Waals surface area contributed by atoms with Gasteiger partial charge in [0.2, 0.25) is 5.91 Å². The maximum atomic E-state index is 13.8. The molecule has 416 valence electrons. The van der Waals surface area contributed by atoms with Gasteiger partial charge in [-0.05, 0) is 150 Å². The number of ketones is 2. The highest BCUT2D eigenvalue weighted by molar-refractivity contribution is 5.93. The maximum absolute atomic E-state index is 13.8. The molecule has 7 aliphatic rings. The molecule has 11 rings (SSSR count). The summed E-state index contributed by atoms with van der Waals surface area (Å²) in [6.07, 6.45) is 9.59. The third kappa shape index (κ3) is 9.67. The standard InChI is InChI=1S/C62H72N6O11/c1-7-61(76)50-32-53-57-40(33-68(53)58(73)49(50)35-77-59(61)74)30-47-48(34-64(4)5)54(21-20-52(47)63-57)78-60(75)67-27-25-66(26-28-67)55(72)11-9-8-10-24-65(6)41-15-12-38(13-16-41)46-31-51-44(22-23-62(51,36(2)69)79-37(3)70)45-18-14-39-29-42(71)17-19-43(39)56(45)46/h12-13,15-16,20-21,29-30,32,44-46,51,76H,7-11,14,17-19,22-28,31,33-35H2,1-6H3/t44-,45-,46+,51?,61-,62-/m0/s1. The van der Waals surface area contributed by atoms with Crippen molar-refractivity contribution in [3.05, 3.63) is 109 Å². The number of amides is 2. The molecule has 1 saturated heterocycles. The maximum Gasteiger partial charge on any atom is 0.415 e. The summed E-state index contributed by atoms with van der Waals surface area (Å²) in [7, 11) is 5.94. The number of rotatable bonds is 14. The summed E-state index contributed by atoms with van der Waals surface area (Å²) in [6, 6.07) is 16.0. The first-order valence-corrected chi connectivity index (χ1v) is 28.4. The van der Waals surface area contributed by atoms with Gasteiger partial charge in [-0.2, -0.15) is 0 Å². The Morgan fingerprint density at radius 3 is 2.38 bits per heavy atom. The van der Waals surface area contributed by atoms with Crippen LogP contribution in [0.3, 0.4) is 0 Å². The van der Waals surface area contributed by atoms with Crippen LogP contribution in [0, 0.1) is 17.8 Å². The van der Waals surface area contributed by atoms with Crippen LogP contribution in [0.25, 0.3) is 22.3 Å². The number of fused-ring (bicyclic) bond motifs is 9. The van der Waals surface area contributed by atoms with Gasteiger partial charge in [-0.3, -0.25) is 24.0 Å². The first-order valence-electron chi connectivity index (χ1n) is 28.4. The van der Waals surface area contributed by atoms with Crippen molar-refractivity contribution in [2.45, 2.75) is 135 Å². The van der Waals surface area contributed by atoms with Crippen molar-refractivity contribution in [2.24, 2.45) is 17.8 Å². The Balaban J connectivity index is 0.680. The Morgan fingerprint density at radius 2 is 1.66 bits per heavy atom. The topological polar surface area (TPSA) is 198 Å². The van der Waals surface area contributed by atoms with Crippen LogP contribution in [-0.2, 0) is 58.7 Å². The number of nitrogens with zero attached hydrogens (tertiary/aromatic N) is 6. The van der Waals surface area contributed by atoms with E-state index >= 15 is 0 Å². The summed E-state index contributed by atoms with van der Waals surface area (Å²) in [4.78, 5) is 105. The van der Waals surface area contributed by atoms with E-state index in [9.17, 15) is 38.7 Å². The van der Waals surface area contributed by atoms with Crippen molar-refractivity contribution in [1.82, 2.24) is 24.3 Å². The summed E-state index contributed by atoms with van der Waals surface area (Å²) in [5.41, 5.74) is 6.66. The van der Waals surface area contributed by atoms with Crippen molar-refractivity contribution in [1.29, 1.82) is 0 Å². The number of hydrogen-bond donors (Lipinski definition) is 1. The number of anilines is 1. The largest absolute Gasteiger partial charge is 0.458 e. The molecule has 17 nitrogen and oxygen atoms in total. The molecule has 3 aliphatic heterocycles. The first kappa shape index (κ1) is 54.0. The molecule has 0 radical (unpaired) electrons. The van der Waals surface area contributed by atoms with Crippen LogP contribution < -0.4 is 15.2 Å². The summed E-state index contributed by atoms with van der Waals surface area (Å²) >= 11 is 0. The number of unbranched alkanes of at least 4 members (excludes halogenated alkanes) is 2. The normalized spacial score (nSPS) is 24.9. The minimum Gasteiger partial charge on any atom is -0.458 e. The lowest BCUT2D eigenvalue weighted by Gasteiger charge is -2.49. The number of pyridine rings is 2. The Hall–Kier alpha value is -6.98. The fourth-order valence-electron chi connectivity index (χ4n) is 14.5. The quantitative estimate of drug-likeness (QED) is 0.0832. The molecule has 2 amide bonds. The van der Waals surface area contributed by atoms with Gasteiger partial charge in [-0.1, -0.05) is 31.1 Å². The van der Waals surface area contributed by atoms with Gasteiger partial charge in [0.1, 0.15) is 12.4 Å². The molecule has 2 aromatic carbocycles. The molecule has 79 heavy (non-hydrogen) atoms. The number of aromatic nitrogens is 2. The third-order valence-electron chi connectivity index (χ3n) is 18.5. The van der Waals surface area contributed by atoms with E-state index in [0.29, 0.717) is 74.6 Å². The van der Waals surface area contributed by atoms with Crippen molar-refractivity contribution >= 4 is 52.1 Å². The van der Waals surface area contributed by atoms with Crippen LogP contribution in [0.15, 0.2) is 76.1 Å². The molecular formula is C62H72N6O11. The fraction of sp³-hybridized carbons (Fsp3) is 0.516. The molecule has 4 aliphatic carbocycles. The number of aliphatic hydroxyl groups is 1. The van der Waals surface area contributed by atoms with Crippen LogP contribution >= 0.6 is 0 Å². The molecule has 1 N–H and O–H groups in total. The van der Waals surface area contributed by atoms with Gasteiger partial charge in [-0.25, -0.2) is 14.6 Å². The van der Waals surface area contributed by atoms with E-state index in [1.807, 2.05) is 36.0 Å². The predicted octanol–water partition coefficient (Wildman–Crippen LogP) is 7.88. The molecule has 2 aromatic heterocycles. The molecule has 1 unspecified atom stereocenters. The number of Topliss-reactive ketones (excluding diaryl/α,β-unsaturated/α-hetero) is 1. The van der Waals surface area contributed by atoms with Crippen LogP contribution in [0.2, 0.25) is 0 Å². The zero-order chi connectivity index (χ0) is 55.7. The average molecular weight is 1080 g/mol. The number of ether oxygens (including phenoxy) is 3. The van der Waals surface area contributed by atoms with Crippen LogP contribution in [0.4, 0.5) is 10.5 Å². The van der Waals surface area contributed by atoms with E-state index in [-0.39, 0.29) is 77.4 Å². The molecule has 4 aromatic rings. The van der Waals surface area contributed by atoms with Gasteiger partial charge < -0.3 is 43.5 Å². The average Bonchev–Trinajstić information content (AvgIpc) is 4.25. The third-order valence-corrected chi connectivity index (χ3v) is 18.5. The summed E-state index contributed by atoms with van der Waals surface area (Å²) in [6.45, 7) is 7.44. The number of hydrogen-bond acceptors (Lipinski definition) is 14. The van der Waals surface area contributed by atoms with Crippen molar-refractivity contribution < 1.29 is 48.1 Å². The minimum atomic E-state index is -1.92. The van der Waals surface area contributed by atoms with Gasteiger partial charge in [0, 0.05) is 106 Å². The lowest BCUT2D eigenvalue weighted by Crippen LogP contribution is -2.51. The number of piperazine rings is 1. The number of esters is 2.